The number of benzene rings is 2. The zero-order valence-electron chi connectivity index (χ0n) is 14.4. The lowest BCUT2D eigenvalue weighted by Gasteiger charge is -2.30. The summed E-state index contributed by atoms with van der Waals surface area (Å²) in [6.45, 7) is 0. The maximum absolute atomic E-state index is 9.76. The number of hydrogen-bond donors (Lipinski definition) is 1. The van der Waals surface area contributed by atoms with E-state index in [1.807, 2.05) is 58.8 Å². The summed E-state index contributed by atoms with van der Waals surface area (Å²) in [5, 5.41) is 12.5. The minimum Gasteiger partial charge on any atom is -0.497 e. The summed E-state index contributed by atoms with van der Waals surface area (Å²) in [5.41, 5.74) is 9.70. The number of nitriles is 1. The maximum atomic E-state index is 9.76. The topological polar surface area (TPSA) is 74.6 Å². The van der Waals surface area contributed by atoms with Crippen LogP contribution in [0.4, 0.5) is 0 Å². The lowest BCUT2D eigenvalue weighted by atomic mass is 9.98. The zero-order valence-corrected chi connectivity index (χ0v) is 16.8. The third kappa shape index (κ3) is 3.11. The van der Waals surface area contributed by atoms with Crippen molar-refractivity contribution >= 4 is 38.6 Å². The van der Waals surface area contributed by atoms with Gasteiger partial charge in [0.1, 0.15) is 23.7 Å². The molecule has 0 fully saturated rings. The Hall–Kier alpha value is -2.69. The number of amidine groups is 1. The molecule has 1 atom stereocenters. The monoisotopic (exact) mass is 438 g/mol. The van der Waals surface area contributed by atoms with Gasteiger partial charge in [-0.2, -0.15) is 5.26 Å². The van der Waals surface area contributed by atoms with Gasteiger partial charge in [0.15, 0.2) is 5.17 Å². The number of methoxy groups -OCH3 is 1. The van der Waals surface area contributed by atoms with E-state index in [9.17, 15) is 5.26 Å². The number of nitrogens with zero attached hydrogens (tertiary/aromatic N) is 3. The summed E-state index contributed by atoms with van der Waals surface area (Å²) in [5.74, 6) is 1.21. The van der Waals surface area contributed by atoms with Gasteiger partial charge in [0, 0.05) is 9.88 Å². The molecule has 0 spiro atoms. The summed E-state index contributed by atoms with van der Waals surface area (Å²) < 4.78 is 6.20. The van der Waals surface area contributed by atoms with Gasteiger partial charge in [-0.1, -0.05) is 39.8 Å². The number of fused-ring (bicyclic) bond motifs is 1. The van der Waals surface area contributed by atoms with Crippen LogP contribution in [-0.2, 0) is 0 Å². The van der Waals surface area contributed by atoms with Gasteiger partial charge in [0.25, 0.3) is 0 Å². The molecule has 2 aliphatic heterocycles. The number of ether oxygens (including phenoxy) is 1. The molecule has 0 bridgehead atoms. The zero-order chi connectivity index (χ0) is 19.0. The van der Waals surface area contributed by atoms with E-state index in [-0.39, 0.29) is 0 Å². The molecule has 0 amide bonds. The highest BCUT2D eigenvalue weighted by Crippen LogP contribution is 2.43. The van der Waals surface area contributed by atoms with Crippen LogP contribution in [0.2, 0.25) is 0 Å². The molecule has 0 radical (unpaired) electrons. The summed E-state index contributed by atoms with van der Waals surface area (Å²) in [4.78, 5) is 6.66. The molecule has 0 saturated heterocycles. The number of rotatable bonds is 3. The Labute approximate surface area is 170 Å². The predicted octanol–water partition coefficient (Wildman–Crippen LogP) is 4.61. The van der Waals surface area contributed by atoms with Crippen LogP contribution in [0.1, 0.15) is 17.2 Å². The Kier molecular flexibility index (Phi) is 4.68. The lowest BCUT2D eigenvalue weighted by Crippen LogP contribution is -2.33. The molecular formula is C20H15BrN4OS. The fraction of sp³-hybridized carbons (Fsp3) is 0.100. The van der Waals surface area contributed by atoms with Crippen molar-refractivity contribution in [2.24, 2.45) is 10.7 Å². The van der Waals surface area contributed by atoms with Crippen molar-refractivity contribution in [3.05, 3.63) is 80.9 Å². The average Bonchev–Trinajstić information content (AvgIpc) is 3.13. The highest BCUT2D eigenvalue weighted by Gasteiger charge is 2.35. The number of halogens is 1. The third-order valence-corrected chi connectivity index (χ3v) is 5.80. The highest BCUT2D eigenvalue weighted by atomic mass is 79.9. The Bertz CT molecular complexity index is 1020. The maximum Gasteiger partial charge on any atom is 0.174 e. The van der Waals surface area contributed by atoms with E-state index >= 15 is 0 Å². The molecule has 0 aromatic heterocycles. The van der Waals surface area contributed by atoms with E-state index in [2.05, 4.69) is 22.0 Å². The van der Waals surface area contributed by atoms with Crippen LogP contribution in [0.5, 0.6) is 5.75 Å². The molecule has 4 rings (SSSR count). The SMILES string of the molecule is COc1ccc(C2=CSC3=NC(c4ccc(Br)cc4)C(C#N)=C(N)N23)cc1. The minimum atomic E-state index is -0.398. The van der Waals surface area contributed by atoms with E-state index in [4.69, 9.17) is 15.5 Å². The summed E-state index contributed by atoms with van der Waals surface area (Å²) in [6, 6.07) is 17.4. The first-order valence-corrected chi connectivity index (χ1v) is 9.84. The van der Waals surface area contributed by atoms with Crippen LogP contribution in [0.3, 0.4) is 0 Å². The smallest absolute Gasteiger partial charge is 0.174 e. The Morgan fingerprint density at radius 1 is 1.19 bits per heavy atom. The number of thioether (sulfide) groups is 1. The molecule has 2 N–H and O–H groups in total. The molecule has 1 unspecified atom stereocenters. The van der Waals surface area contributed by atoms with Crippen molar-refractivity contribution in [3.63, 3.8) is 0 Å². The second-order valence-electron chi connectivity index (χ2n) is 5.96. The summed E-state index contributed by atoms with van der Waals surface area (Å²) in [6.07, 6.45) is 0. The van der Waals surface area contributed by atoms with Crippen molar-refractivity contribution in [1.82, 2.24) is 4.90 Å². The Balaban J connectivity index is 1.73. The third-order valence-electron chi connectivity index (χ3n) is 4.43. The summed E-state index contributed by atoms with van der Waals surface area (Å²) >= 11 is 4.94. The van der Waals surface area contributed by atoms with Gasteiger partial charge in [-0.15, -0.1) is 0 Å². The average molecular weight is 439 g/mol. The van der Waals surface area contributed by atoms with Crippen LogP contribution >= 0.6 is 27.7 Å². The standard InChI is InChI=1S/C20H15BrN4OS/c1-26-15-8-4-12(5-9-15)17-11-27-20-24-18(13-2-6-14(21)7-3-13)16(10-22)19(23)25(17)20/h2-9,11,18H,23H2,1H3. The lowest BCUT2D eigenvalue weighted by molar-refractivity contribution is 0.414. The van der Waals surface area contributed by atoms with E-state index in [0.29, 0.717) is 11.4 Å². The van der Waals surface area contributed by atoms with Crippen molar-refractivity contribution in [3.8, 4) is 11.8 Å². The fourth-order valence-corrected chi connectivity index (χ4v) is 4.23. The van der Waals surface area contributed by atoms with Gasteiger partial charge in [-0.05, 0) is 47.5 Å². The molecule has 0 aliphatic carbocycles. The van der Waals surface area contributed by atoms with Gasteiger partial charge in [0.2, 0.25) is 0 Å². The Morgan fingerprint density at radius 3 is 2.52 bits per heavy atom. The summed E-state index contributed by atoms with van der Waals surface area (Å²) in [7, 11) is 1.64. The minimum absolute atomic E-state index is 0.398. The fourth-order valence-electron chi connectivity index (χ4n) is 3.04. The first kappa shape index (κ1) is 17.7. The largest absolute Gasteiger partial charge is 0.497 e. The molecule has 0 saturated carbocycles. The molecule has 134 valence electrons. The molecule has 2 heterocycles. The number of hydrogen-bond acceptors (Lipinski definition) is 6. The van der Waals surface area contributed by atoms with Gasteiger partial charge in [-0.3, -0.25) is 4.90 Å². The quantitative estimate of drug-likeness (QED) is 0.756. The molecule has 2 aromatic carbocycles. The normalized spacial score (nSPS) is 18.6. The van der Waals surface area contributed by atoms with Gasteiger partial charge >= 0.3 is 0 Å². The first-order chi connectivity index (χ1) is 13.1. The second-order valence-corrected chi connectivity index (χ2v) is 7.71. The van der Waals surface area contributed by atoms with E-state index < -0.39 is 6.04 Å². The van der Waals surface area contributed by atoms with E-state index in [1.165, 1.54) is 11.8 Å². The second kappa shape index (κ2) is 7.14. The van der Waals surface area contributed by atoms with Crippen LogP contribution < -0.4 is 10.5 Å². The van der Waals surface area contributed by atoms with E-state index in [0.717, 1.165) is 32.2 Å². The number of aliphatic imine (C=N–C) groups is 1. The predicted molar refractivity (Wildman–Crippen MR) is 112 cm³/mol. The van der Waals surface area contributed by atoms with Crippen molar-refractivity contribution in [2.75, 3.05) is 7.11 Å². The van der Waals surface area contributed by atoms with Crippen LogP contribution in [0.15, 0.2) is 74.8 Å². The number of nitrogens with two attached hydrogens (primary N) is 1. The first-order valence-electron chi connectivity index (χ1n) is 8.16. The van der Waals surface area contributed by atoms with Gasteiger partial charge < -0.3 is 10.5 Å². The van der Waals surface area contributed by atoms with Crippen molar-refractivity contribution in [1.29, 1.82) is 5.26 Å². The van der Waals surface area contributed by atoms with Gasteiger partial charge in [0.05, 0.1) is 18.4 Å². The highest BCUT2D eigenvalue weighted by molar-refractivity contribution is 9.10. The van der Waals surface area contributed by atoms with Crippen LogP contribution in [-0.4, -0.2) is 17.2 Å². The van der Waals surface area contributed by atoms with Crippen molar-refractivity contribution in [2.45, 2.75) is 6.04 Å². The van der Waals surface area contributed by atoms with Crippen molar-refractivity contribution < 1.29 is 4.74 Å². The molecule has 5 nitrogen and oxygen atoms in total. The van der Waals surface area contributed by atoms with Gasteiger partial charge in [-0.25, -0.2) is 4.99 Å². The molecule has 2 aliphatic rings. The molecule has 7 heteroatoms. The van der Waals surface area contributed by atoms with Crippen LogP contribution in [0.25, 0.3) is 5.70 Å². The molecular weight excluding hydrogens is 424 g/mol. The molecule has 2 aromatic rings. The van der Waals surface area contributed by atoms with E-state index in [1.54, 1.807) is 7.11 Å². The van der Waals surface area contributed by atoms with Crippen LogP contribution in [0, 0.1) is 11.3 Å². The Morgan fingerprint density at radius 2 is 1.89 bits per heavy atom. The molecule has 27 heavy (non-hydrogen) atoms.